The molecule has 1 aromatic heterocycles. The van der Waals surface area contributed by atoms with Gasteiger partial charge in [0.1, 0.15) is 17.6 Å². The first-order valence-corrected chi connectivity index (χ1v) is 9.07. The average Bonchev–Trinajstić information content (AvgIpc) is 3.05. The summed E-state index contributed by atoms with van der Waals surface area (Å²) in [6.07, 6.45) is 3.61. The number of amides is 2. The summed E-state index contributed by atoms with van der Waals surface area (Å²) in [7, 11) is 3.56. The zero-order valence-corrected chi connectivity index (χ0v) is 16.6. The molecule has 1 heterocycles. The van der Waals surface area contributed by atoms with Gasteiger partial charge in [0, 0.05) is 37.6 Å². The van der Waals surface area contributed by atoms with Crippen LogP contribution in [0.2, 0.25) is 0 Å². The number of methoxy groups -OCH3 is 1. The number of imidazole rings is 1. The quantitative estimate of drug-likeness (QED) is 0.823. The molecule has 0 saturated carbocycles. The molecule has 26 heavy (non-hydrogen) atoms. The highest BCUT2D eigenvalue weighted by Crippen LogP contribution is 2.29. The Kier molecular flexibility index (Phi) is 6.66. The maximum atomic E-state index is 13.0. The van der Waals surface area contributed by atoms with Crippen LogP contribution in [0, 0.1) is 5.92 Å². The second kappa shape index (κ2) is 8.74. The van der Waals surface area contributed by atoms with Gasteiger partial charge in [-0.2, -0.15) is 0 Å². The molecule has 142 valence electrons. The van der Waals surface area contributed by atoms with Gasteiger partial charge >= 0.3 is 6.03 Å². The van der Waals surface area contributed by atoms with E-state index in [1.807, 2.05) is 53.9 Å². The van der Waals surface area contributed by atoms with E-state index in [0.29, 0.717) is 12.5 Å². The smallest absolute Gasteiger partial charge is 0.318 e. The molecule has 0 aliphatic rings. The Labute approximate surface area is 156 Å². The summed E-state index contributed by atoms with van der Waals surface area (Å²) in [4.78, 5) is 19.4. The highest BCUT2D eigenvalue weighted by molar-refractivity contribution is 5.75. The number of benzene rings is 1. The molecule has 2 rings (SSSR count). The van der Waals surface area contributed by atoms with Crippen molar-refractivity contribution in [2.45, 2.75) is 39.8 Å². The molecule has 6 heteroatoms. The Balaban J connectivity index is 2.40. The van der Waals surface area contributed by atoms with Crippen molar-refractivity contribution in [3.8, 4) is 5.75 Å². The topological polar surface area (TPSA) is 59.4 Å². The number of carbonyl (C=O) groups excluding carboxylic acids is 1. The molecule has 2 aromatic rings. The summed E-state index contributed by atoms with van der Waals surface area (Å²) >= 11 is 0. The summed E-state index contributed by atoms with van der Waals surface area (Å²) in [6.45, 7) is 8.96. The van der Waals surface area contributed by atoms with E-state index in [4.69, 9.17) is 4.74 Å². The first-order valence-electron chi connectivity index (χ1n) is 9.07. The summed E-state index contributed by atoms with van der Waals surface area (Å²) in [5.41, 5.74) is 0.880. The average molecular weight is 358 g/mol. The second-order valence-electron chi connectivity index (χ2n) is 6.79. The van der Waals surface area contributed by atoms with Crippen LogP contribution in [0.15, 0.2) is 36.7 Å². The van der Waals surface area contributed by atoms with Gasteiger partial charge in [0.25, 0.3) is 0 Å². The van der Waals surface area contributed by atoms with Gasteiger partial charge in [0.15, 0.2) is 0 Å². The monoisotopic (exact) mass is 358 g/mol. The SMILES string of the molecule is CCN(C(=O)NC(c1ccccc1OC)c1nccn1C)C(C)C(C)C. The lowest BCUT2D eigenvalue weighted by Crippen LogP contribution is -2.48. The van der Waals surface area contributed by atoms with E-state index in [1.165, 1.54) is 0 Å². The van der Waals surface area contributed by atoms with Gasteiger partial charge < -0.3 is 19.5 Å². The number of para-hydroxylation sites is 1. The maximum Gasteiger partial charge on any atom is 0.318 e. The number of ether oxygens (including phenoxy) is 1. The number of hydrogen-bond acceptors (Lipinski definition) is 3. The van der Waals surface area contributed by atoms with Crippen molar-refractivity contribution < 1.29 is 9.53 Å². The fourth-order valence-electron chi connectivity index (χ4n) is 3.02. The van der Waals surface area contributed by atoms with E-state index < -0.39 is 6.04 Å². The predicted octanol–water partition coefficient (Wildman–Crippen LogP) is 3.59. The van der Waals surface area contributed by atoms with Crippen LogP contribution in [0.25, 0.3) is 0 Å². The van der Waals surface area contributed by atoms with E-state index in [9.17, 15) is 4.79 Å². The highest BCUT2D eigenvalue weighted by Gasteiger charge is 2.28. The van der Waals surface area contributed by atoms with E-state index in [1.54, 1.807) is 13.3 Å². The van der Waals surface area contributed by atoms with Crippen molar-refractivity contribution in [3.63, 3.8) is 0 Å². The van der Waals surface area contributed by atoms with E-state index in [0.717, 1.165) is 17.1 Å². The van der Waals surface area contributed by atoms with Gasteiger partial charge in [0.05, 0.1) is 7.11 Å². The van der Waals surface area contributed by atoms with Crippen molar-refractivity contribution in [2.75, 3.05) is 13.7 Å². The fraction of sp³-hybridized carbons (Fsp3) is 0.500. The maximum absolute atomic E-state index is 13.0. The third-order valence-corrected chi connectivity index (χ3v) is 4.89. The molecule has 2 unspecified atom stereocenters. The number of rotatable bonds is 7. The van der Waals surface area contributed by atoms with Crippen LogP contribution in [0.3, 0.4) is 0 Å². The van der Waals surface area contributed by atoms with Crippen LogP contribution < -0.4 is 10.1 Å². The van der Waals surface area contributed by atoms with E-state index >= 15 is 0 Å². The molecular weight excluding hydrogens is 328 g/mol. The molecule has 0 aliphatic carbocycles. The van der Waals surface area contributed by atoms with Crippen molar-refractivity contribution in [1.82, 2.24) is 19.8 Å². The van der Waals surface area contributed by atoms with Gasteiger partial charge in [-0.25, -0.2) is 9.78 Å². The Morgan fingerprint density at radius 1 is 1.31 bits per heavy atom. The zero-order valence-electron chi connectivity index (χ0n) is 16.6. The van der Waals surface area contributed by atoms with E-state index in [-0.39, 0.29) is 12.1 Å². The Bertz CT molecular complexity index is 726. The molecule has 1 N–H and O–H groups in total. The molecule has 0 saturated heterocycles. The number of urea groups is 1. The van der Waals surface area contributed by atoms with Crippen molar-refractivity contribution >= 4 is 6.03 Å². The number of hydrogen-bond donors (Lipinski definition) is 1. The minimum atomic E-state index is -0.396. The number of aromatic nitrogens is 2. The van der Waals surface area contributed by atoms with Crippen LogP contribution in [-0.4, -0.2) is 40.2 Å². The van der Waals surface area contributed by atoms with Gasteiger partial charge in [0.2, 0.25) is 0 Å². The largest absolute Gasteiger partial charge is 0.496 e. The molecule has 6 nitrogen and oxygen atoms in total. The summed E-state index contributed by atoms with van der Waals surface area (Å²) in [6, 6.07) is 7.35. The number of aryl methyl sites for hydroxylation is 1. The molecule has 0 fully saturated rings. The number of nitrogens with zero attached hydrogens (tertiary/aromatic N) is 3. The summed E-state index contributed by atoms with van der Waals surface area (Å²) in [5, 5.41) is 3.16. The summed E-state index contributed by atoms with van der Waals surface area (Å²) < 4.78 is 7.43. The van der Waals surface area contributed by atoms with Crippen LogP contribution in [0.1, 0.15) is 45.1 Å². The Hall–Kier alpha value is -2.50. The predicted molar refractivity (Wildman–Crippen MR) is 103 cm³/mol. The standard InChI is InChI=1S/C20H30N4O2/c1-7-24(15(4)14(2)3)20(25)22-18(19-21-12-13-23(19)5)16-10-8-9-11-17(16)26-6/h8-15,18H,7H2,1-6H3,(H,22,25). The van der Waals surface area contributed by atoms with Crippen molar-refractivity contribution in [3.05, 3.63) is 48.0 Å². The lowest BCUT2D eigenvalue weighted by atomic mass is 10.0. The molecule has 0 radical (unpaired) electrons. The summed E-state index contributed by atoms with van der Waals surface area (Å²) in [5.74, 6) is 1.86. The third kappa shape index (κ3) is 4.18. The fourth-order valence-corrected chi connectivity index (χ4v) is 3.02. The molecular formula is C20H30N4O2. The Morgan fingerprint density at radius 3 is 2.54 bits per heavy atom. The molecule has 2 amide bonds. The lowest BCUT2D eigenvalue weighted by molar-refractivity contribution is 0.163. The first kappa shape index (κ1) is 19.8. The molecule has 0 bridgehead atoms. The first-order chi connectivity index (χ1) is 12.4. The normalized spacial score (nSPS) is 13.3. The number of nitrogens with one attached hydrogen (secondary N) is 1. The van der Waals surface area contributed by atoms with Crippen molar-refractivity contribution in [2.24, 2.45) is 13.0 Å². The van der Waals surface area contributed by atoms with Crippen LogP contribution in [0.4, 0.5) is 4.79 Å². The second-order valence-corrected chi connectivity index (χ2v) is 6.79. The van der Waals surface area contributed by atoms with Gasteiger partial charge in [-0.3, -0.25) is 0 Å². The third-order valence-electron chi connectivity index (χ3n) is 4.89. The minimum absolute atomic E-state index is 0.104. The minimum Gasteiger partial charge on any atom is -0.496 e. The van der Waals surface area contributed by atoms with Crippen LogP contribution in [-0.2, 0) is 7.05 Å². The molecule has 1 aromatic carbocycles. The van der Waals surface area contributed by atoms with Gasteiger partial charge in [-0.05, 0) is 25.8 Å². The Morgan fingerprint density at radius 2 is 2.00 bits per heavy atom. The van der Waals surface area contributed by atoms with Gasteiger partial charge in [-0.15, -0.1) is 0 Å². The van der Waals surface area contributed by atoms with Crippen molar-refractivity contribution in [1.29, 1.82) is 0 Å². The molecule has 0 spiro atoms. The van der Waals surface area contributed by atoms with E-state index in [2.05, 4.69) is 31.1 Å². The highest BCUT2D eigenvalue weighted by atomic mass is 16.5. The zero-order chi connectivity index (χ0) is 19.3. The van der Waals surface area contributed by atoms with Crippen LogP contribution >= 0.6 is 0 Å². The molecule has 2 atom stereocenters. The number of carbonyl (C=O) groups is 1. The van der Waals surface area contributed by atoms with Gasteiger partial charge in [-0.1, -0.05) is 32.0 Å². The lowest BCUT2D eigenvalue weighted by Gasteiger charge is -2.32. The van der Waals surface area contributed by atoms with Crippen LogP contribution in [0.5, 0.6) is 5.75 Å². The molecule has 0 aliphatic heterocycles.